The van der Waals surface area contributed by atoms with Crippen LogP contribution in [0.4, 0.5) is 0 Å². The summed E-state index contributed by atoms with van der Waals surface area (Å²) in [6, 6.07) is 5.33. The Hall–Kier alpha value is -0.995. The number of ether oxygens (including phenoxy) is 1. The average Bonchev–Trinajstić information content (AvgIpc) is 2.41. The van der Waals surface area contributed by atoms with E-state index in [1.807, 2.05) is 13.0 Å². The van der Waals surface area contributed by atoms with Crippen molar-refractivity contribution in [1.82, 2.24) is 0 Å². The molecule has 0 saturated heterocycles. The average molecular weight is 262 g/mol. The van der Waals surface area contributed by atoms with Crippen molar-refractivity contribution in [3.05, 3.63) is 23.8 Å². The molecule has 0 spiro atoms. The first-order valence-corrected chi connectivity index (χ1v) is 7.23. The Labute approximate surface area is 115 Å². The molecular weight excluding hydrogens is 239 g/mol. The topological polar surface area (TPSA) is 49.7 Å². The predicted molar refractivity (Wildman–Crippen MR) is 77.7 cm³/mol. The van der Waals surface area contributed by atoms with E-state index < -0.39 is 7.12 Å². The Bertz CT molecular complexity index is 412. The van der Waals surface area contributed by atoms with Gasteiger partial charge in [0.1, 0.15) is 5.75 Å². The zero-order valence-corrected chi connectivity index (χ0v) is 11.8. The van der Waals surface area contributed by atoms with E-state index in [2.05, 4.69) is 6.92 Å². The summed E-state index contributed by atoms with van der Waals surface area (Å²) in [5.74, 6) is 1.73. The standard InChI is InChI=1S/C15H23BO3/c1-3-12-4-7-14(8-5-12)19-15-9-6-13(16(17)18)10-11(15)2/h6,9-10,12,14,17-18H,3-5,7-8H2,1-2H3. The monoisotopic (exact) mass is 262 g/mol. The van der Waals surface area contributed by atoms with Crippen LogP contribution >= 0.6 is 0 Å². The zero-order chi connectivity index (χ0) is 13.8. The van der Waals surface area contributed by atoms with Gasteiger partial charge in [0.25, 0.3) is 0 Å². The Balaban J connectivity index is 1.96. The Morgan fingerprint density at radius 3 is 2.42 bits per heavy atom. The molecule has 0 aromatic heterocycles. The first-order chi connectivity index (χ1) is 9.10. The van der Waals surface area contributed by atoms with Gasteiger partial charge in [-0.3, -0.25) is 0 Å². The van der Waals surface area contributed by atoms with Crippen LogP contribution in [0.1, 0.15) is 44.6 Å². The largest absolute Gasteiger partial charge is 0.490 e. The molecule has 4 heteroatoms. The fraction of sp³-hybridized carbons (Fsp3) is 0.600. The molecule has 104 valence electrons. The maximum absolute atomic E-state index is 9.13. The molecule has 2 rings (SSSR count). The predicted octanol–water partition coefficient (Wildman–Crippen LogP) is 2.02. The third-order valence-corrected chi connectivity index (χ3v) is 4.16. The molecule has 0 amide bonds. The van der Waals surface area contributed by atoms with E-state index in [0.29, 0.717) is 11.6 Å². The summed E-state index contributed by atoms with van der Waals surface area (Å²) in [5, 5.41) is 18.3. The van der Waals surface area contributed by atoms with E-state index in [9.17, 15) is 0 Å². The number of aryl methyl sites for hydroxylation is 1. The lowest BCUT2D eigenvalue weighted by atomic mass is 9.79. The van der Waals surface area contributed by atoms with Crippen LogP contribution in [0.2, 0.25) is 0 Å². The second-order valence-corrected chi connectivity index (χ2v) is 5.57. The van der Waals surface area contributed by atoms with E-state index in [1.165, 1.54) is 19.3 Å². The van der Waals surface area contributed by atoms with Gasteiger partial charge in [0.2, 0.25) is 0 Å². The van der Waals surface area contributed by atoms with E-state index in [1.54, 1.807) is 12.1 Å². The van der Waals surface area contributed by atoms with Crippen molar-refractivity contribution in [3.8, 4) is 5.75 Å². The van der Waals surface area contributed by atoms with Crippen molar-refractivity contribution in [2.24, 2.45) is 5.92 Å². The lowest BCUT2D eigenvalue weighted by Gasteiger charge is -2.28. The quantitative estimate of drug-likeness (QED) is 0.816. The first-order valence-electron chi connectivity index (χ1n) is 7.23. The summed E-state index contributed by atoms with van der Waals surface area (Å²) in [6.07, 6.45) is 6.35. The minimum absolute atomic E-state index is 0.311. The van der Waals surface area contributed by atoms with E-state index in [4.69, 9.17) is 14.8 Å². The molecule has 1 aromatic rings. The second kappa shape index (κ2) is 6.44. The van der Waals surface area contributed by atoms with Gasteiger partial charge in [-0.15, -0.1) is 0 Å². The molecule has 1 fully saturated rings. The molecule has 1 aromatic carbocycles. The molecular formula is C15H23BO3. The van der Waals surface area contributed by atoms with Gasteiger partial charge < -0.3 is 14.8 Å². The third kappa shape index (κ3) is 3.74. The Morgan fingerprint density at radius 1 is 1.21 bits per heavy atom. The lowest BCUT2D eigenvalue weighted by Crippen LogP contribution is -2.30. The number of hydrogen-bond acceptors (Lipinski definition) is 3. The van der Waals surface area contributed by atoms with Gasteiger partial charge >= 0.3 is 7.12 Å². The number of hydrogen-bond donors (Lipinski definition) is 2. The first kappa shape index (κ1) is 14.4. The number of benzene rings is 1. The molecule has 0 atom stereocenters. The third-order valence-electron chi connectivity index (χ3n) is 4.16. The van der Waals surface area contributed by atoms with Gasteiger partial charge in [-0.2, -0.15) is 0 Å². The molecule has 19 heavy (non-hydrogen) atoms. The van der Waals surface area contributed by atoms with Crippen molar-refractivity contribution >= 4 is 12.6 Å². The molecule has 1 aliphatic carbocycles. The smallest absolute Gasteiger partial charge is 0.488 e. The normalized spacial score (nSPS) is 23.2. The fourth-order valence-electron chi connectivity index (χ4n) is 2.80. The molecule has 3 nitrogen and oxygen atoms in total. The zero-order valence-electron chi connectivity index (χ0n) is 11.8. The van der Waals surface area contributed by atoms with E-state index in [0.717, 1.165) is 30.1 Å². The summed E-state index contributed by atoms with van der Waals surface area (Å²) in [5.41, 5.74) is 1.47. The Kier molecular flexibility index (Phi) is 4.89. The van der Waals surface area contributed by atoms with Gasteiger partial charge in [0, 0.05) is 0 Å². The van der Waals surface area contributed by atoms with Crippen LogP contribution in [0, 0.1) is 12.8 Å². The summed E-state index contributed by atoms with van der Waals surface area (Å²) >= 11 is 0. The lowest BCUT2D eigenvalue weighted by molar-refractivity contribution is 0.129. The highest BCUT2D eigenvalue weighted by Crippen LogP contribution is 2.30. The minimum Gasteiger partial charge on any atom is -0.490 e. The molecule has 0 unspecified atom stereocenters. The summed E-state index contributed by atoms with van der Waals surface area (Å²) in [4.78, 5) is 0. The molecule has 0 aliphatic heterocycles. The second-order valence-electron chi connectivity index (χ2n) is 5.57. The van der Waals surface area contributed by atoms with Crippen molar-refractivity contribution < 1.29 is 14.8 Å². The summed E-state index contributed by atoms with van der Waals surface area (Å²) < 4.78 is 6.05. The molecule has 0 heterocycles. The molecule has 1 aliphatic rings. The number of rotatable bonds is 4. The highest BCUT2D eigenvalue weighted by molar-refractivity contribution is 6.58. The molecule has 2 N–H and O–H groups in total. The molecule has 0 radical (unpaired) electrons. The summed E-state index contributed by atoms with van der Waals surface area (Å²) in [7, 11) is -1.41. The van der Waals surface area contributed by atoms with Gasteiger partial charge in [0.05, 0.1) is 6.10 Å². The van der Waals surface area contributed by atoms with Crippen molar-refractivity contribution in [1.29, 1.82) is 0 Å². The maximum Gasteiger partial charge on any atom is 0.488 e. The van der Waals surface area contributed by atoms with E-state index in [-0.39, 0.29) is 0 Å². The van der Waals surface area contributed by atoms with Crippen LogP contribution in [0.5, 0.6) is 5.75 Å². The maximum atomic E-state index is 9.13. The van der Waals surface area contributed by atoms with Gasteiger partial charge in [0.15, 0.2) is 0 Å². The van der Waals surface area contributed by atoms with Crippen LogP contribution < -0.4 is 10.2 Å². The van der Waals surface area contributed by atoms with Crippen LogP contribution in [-0.4, -0.2) is 23.3 Å². The van der Waals surface area contributed by atoms with Crippen molar-refractivity contribution in [2.75, 3.05) is 0 Å². The van der Waals surface area contributed by atoms with E-state index >= 15 is 0 Å². The van der Waals surface area contributed by atoms with Gasteiger partial charge in [-0.05, 0) is 55.6 Å². The SMILES string of the molecule is CCC1CCC(Oc2ccc(B(O)O)cc2C)CC1. The van der Waals surface area contributed by atoms with Crippen LogP contribution in [0.3, 0.4) is 0 Å². The molecule has 0 bridgehead atoms. The van der Waals surface area contributed by atoms with Crippen molar-refractivity contribution in [3.63, 3.8) is 0 Å². The van der Waals surface area contributed by atoms with Gasteiger partial charge in [-0.25, -0.2) is 0 Å². The van der Waals surface area contributed by atoms with Crippen LogP contribution in [0.15, 0.2) is 18.2 Å². The Morgan fingerprint density at radius 2 is 1.89 bits per heavy atom. The van der Waals surface area contributed by atoms with Gasteiger partial charge in [-0.1, -0.05) is 25.5 Å². The highest BCUT2D eigenvalue weighted by Gasteiger charge is 2.22. The van der Waals surface area contributed by atoms with Crippen molar-refractivity contribution in [2.45, 2.75) is 52.1 Å². The fourth-order valence-corrected chi connectivity index (χ4v) is 2.80. The van der Waals surface area contributed by atoms with Crippen LogP contribution in [-0.2, 0) is 0 Å². The minimum atomic E-state index is -1.41. The molecule has 1 saturated carbocycles. The summed E-state index contributed by atoms with van der Waals surface area (Å²) in [6.45, 7) is 4.20. The van der Waals surface area contributed by atoms with Crippen LogP contribution in [0.25, 0.3) is 0 Å². The highest BCUT2D eigenvalue weighted by atomic mass is 16.5.